The maximum Gasteiger partial charge on any atom is 0.332 e. The molecule has 6 N–H and O–H groups in total. The molecule has 4 heterocycles. The summed E-state index contributed by atoms with van der Waals surface area (Å²) >= 11 is 0. The number of nitrogens with zero attached hydrogens (tertiary/aromatic N) is 2. The molecule has 2 aliphatic heterocycles. The Kier molecular flexibility index (Phi) is 5.95. The monoisotopic (exact) mass is 470 g/mol. The van der Waals surface area contributed by atoms with Gasteiger partial charge in [-0.2, -0.15) is 0 Å². The zero-order valence-electron chi connectivity index (χ0n) is 17.0. The second-order valence-electron chi connectivity index (χ2n) is 7.64. The number of ether oxygens (including phenoxy) is 3. The van der Waals surface area contributed by atoms with E-state index in [1.165, 1.54) is 0 Å². The van der Waals surface area contributed by atoms with Gasteiger partial charge in [0.05, 0.1) is 19.3 Å². The van der Waals surface area contributed by atoms with Gasteiger partial charge < -0.3 is 29.9 Å². The van der Waals surface area contributed by atoms with Gasteiger partial charge in [0.1, 0.15) is 12.2 Å². The molecule has 0 aromatic carbocycles. The number of aliphatic hydroxyl groups is 4. The van der Waals surface area contributed by atoms with Gasteiger partial charge in [0.15, 0.2) is 6.10 Å². The topological polar surface area (TPSA) is 218 Å². The van der Waals surface area contributed by atoms with Crippen molar-refractivity contribution in [2.45, 2.75) is 49.1 Å². The van der Waals surface area contributed by atoms with Crippen LogP contribution in [0.1, 0.15) is 12.8 Å². The third kappa shape index (κ3) is 3.78. The molecule has 2 aromatic heterocycles. The van der Waals surface area contributed by atoms with Gasteiger partial charge in [-0.15, -0.1) is 0 Å². The van der Waals surface area contributed by atoms with Crippen molar-refractivity contribution in [3.05, 3.63) is 66.2 Å². The molecule has 0 radical (unpaired) electrons. The minimum atomic E-state index is -2.60. The molecule has 180 valence electrons. The fraction of sp³-hybridized carbons (Fsp3) is 0.556. The fourth-order valence-corrected chi connectivity index (χ4v) is 3.98. The minimum Gasteiger partial charge on any atom is -0.394 e. The maximum atomic E-state index is 12.6. The molecule has 0 unspecified atom stereocenters. The Labute approximate surface area is 183 Å². The van der Waals surface area contributed by atoms with Gasteiger partial charge in [0.2, 0.25) is 0 Å². The van der Waals surface area contributed by atoms with Crippen molar-refractivity contribution < 1.29 is 34.6 Å². The standard InChI is InChI=1S/C18H22N4O11/c23-7-9-1-4-17(31-9,21-5-2-11(25)19-15(21)29)33-18(14(28)13(27)10(8-24)32-18)22-6-3-12(26)20-16(22)30/h2-3,5-6,9-10,13-14,23-24,27-28H,1,4,7-8H2,(H,19,25,29)(H,20,26,30)/t9-,10+,13+,14+,17-,18-/m0/s1. The largest absolute Gasteiger partial charge is 0.394 e. The van der Waals surface area contributed by atoms with Crippen LogP contribution < -0.4 is 22.5 Å². The summed E-state index contributed by atoms with van der Waals surface area (Å²) in [6, 6.07) is 1.92. The number of hydrogen-bond donors (Lipinski definition) is 6. The van der Waals surface area contributed by atoms with E-state index in [1.54, 1.807) is 0 Å². The smallest absolute Gasteiger partial charge is 0.332 e. The molecule has 2 fully saturated rings. The highest BCUT2D eigenvalue weighted by Gasteiger charge is 2.62. The molecule has 2 aliphatic rings. The number of H-pyrrole nitrogens is 2. The van der Waals surface area contributed by atoms with Crippen molar-refractivity contribution in [3.63, 3.8) is 0 Å². The molecule has 0 spiro atoms. The van der Waals surface area contributed by atoms with Gasteiger partial charge in [-0.1, -0.05) is 0 Å². The SMILES string of the molecule is O=c1ccn([C@@]2(O[C@@]3(n4ccc(=O)[nH]c4=O)O[C@H](CO)[C@@H](O)[C@H]3O)CC[C@@H](CO)O2)c(=O)[nH]1. The molecule has 2 aromatic rings. The molecule has 15 nitrogen and oxygen atoms in total. The number of aromatic nitrogens is 4. The lowest BCUT2D eigenvalue weighted by Gasteiger charge is -2.41. The summed E-state index contributed by atoms with van der Waals surface area (Å²) in [7, 11) is 0. The summed E-state index contributed by atoms with van der Waals surface area (Å²) in [5, 5.41) is 40.5. The van der Waals surface area contributed by atoms with E-state index in [9.17, 15) is 39.6 Å². The van der Waals surface area contributed by atoms with Crippen LogP contribution in [0, 0.1) is 0 Å². The Balaban J connectivity index is 1.93. The second kappa shape index (κ2) is 8.45. The average molecular weight is 470 g/mol. The normalized spacial score (nSPS) is 34.1. The second-order valence-corrected chi connectivity index (χ2v) is 7.64. The fourth-order valence-electron chi connectivity index (χ4n) is 3.98. The maximum absolute atomic E-state index is 12.6. The lowest BCUT2D eigenvalue weighted by Crippen LogP contribution is -2.59. The predicted molar refractivity (Wildman–Crippen MR) is 105 cm³/mol. The lowest BCUT2D eigenvalue weighted by atomic mass is 10.1. The Morgan fingerprint density at radius 2 is 1.58 bits per heavy atom. The molecule has 0 amide bonds. The highest BCUT2D eigenvalue weighted by atomic mass is 16.8. The quantitative estimate of drug-likeness (QED) is 0.237. The first-order chi connectivity index (χ1) is 15.7. The van der Waals surface area contributed by atoms with Crippen LogP contribution in [0.15, 0.2) is 43.7 Å². The zero-order chi connectivity index (χ0) is 24.0. The number of hydrogen-bond acceptors (Lipinski definition) is 11. The summed E-state index contributed by atoms with van der Waals surface area (Å²) in [4.78, 5) is 52.4. The first kappa shape index (κ1) is 23.2. The van der Waals surface area contributed by atoms with E-state index in [2.05, 4.69) is 0 Å². The van der Waals surface area contributed by atoms with Crippen molar-refractivity contribution in [2.24, 2.45) is 0 Å². The Morgan fingerprint density at radius 3 is 2.06 bits per heavy atom. The van der Waals surface area contributed by atoms with Crippen LogP contribution in [0.3, 0.4) is 0 Å². The van der Waals surface area contributed by atoms with Crippen molar-refractivity contribution in [3.8, 4) is 0 Å². The van der Waals surface area contributed by atoms with Crippen LogP contribution in [0.5, 0.6) is 0 Å². The van der Waals surface area contributed by atoms with Gasteiger partial charge >= 0.3 is 11.4 Å². The minimum absolute atomic E-state index is 0.125. The summed E-state index contributed by atoms with van der Waals surface area (Å²) in [6.45, 7) is -1.26. The molecular formula is C18H22N4O11. The van der Waals surface area contributed by atoms with E-state index in [0.717, 1.165) is 29.1 Å². The van der Waals surface area contributed by atoms with Crippen LogP contribution in [-0.4, -0.2) is 77.2 Å². The summed E-state index contributed by atoms with van der Waals surface area (Å²) in [6.07, 6.45) is -4.05. The highest BCUT2D eigenvalue weighted by Crippen LogP contribution is 2.45. The third-order valence-corrected chi connectivity index (χ3v) is 5.57. The van der Waals surface area contributed by atoms with Crippen molar-refractivity contribution >= 4 is 0 Å². The number of nitrogens with one attached hydrogen (secondary N) is 2. The first-order valence-electron chi connectivity index (χ1n) is 9.94. The molecule has 0 aliphatic carbocycles. The van der Waals surface area contributed by atoms with Crippen molar-refractivity contribution in [1.82, 2.24) is 19.1 Å². The van der Waals surface area contributed by atoms with Crippen LogP contribution in [0.2, 0.25) is 0 Å². The average Bonchev–Trinajstić information content (AvgIpc) is 3.29. The van der Waals surface area contributed by atoms with E-state index < -0.39 is 71.9 Å². The number of rotatable bonds is 6. The molecule has 6 atom stereocenters. The van der Waals surface area contributed by atoms with Crippen LogP contribution >= 0.6 is 0 Å². The molecule has 0 saturated carbocycles. The van der Waals surface area contributed by atoms with Crippen molar-refractivity contribution in [2.75, 3.05) is 13.2 Å². The Morgan fingerprint density at radius 1 is 0.970 bits per heavy atom. The first-order valence-corrected chi connectivity index (χ1v) is 9.94. The molecule has 4 rings (SSSR count). The summed E-state index contributed by atoms with van der Waals surface area (Å²) in [5.41, 5.74) is -3.57. The van der Waals surface area contributed by atoms with E-state index in [1.807, 2.05) is 9.97 Å². The van der Waals surface area contributed by atoms with Gasteiger partial charge in [-0.05, 0) is 6.42 Å². The number of aliphatic hydroxyl groups excluding tert-OH is 4. The Bertz CT molecular complexity index is 1250. The van der Waals surface area contributed by atoms with Gasteiger partial charge in [0.25, 0.3) is 22.9 Å². The van der Waals surface area contributed by atoms with Gasteiger partial charge in [-0.25, -0.2) is 18.7 Å². The van der Waals surface area contributed by atoms with Crippen LogP contribution in [0.25, 0.3) is 0 Å². The molecule has 0 bridgehead atoms. The molecule has 15 heteroatoms. The summed E-state index contributed by atoms with van der Waals surface area (Å²) < 4.78 is 18.9. The zero-order valence-corrected chi connectivity index (χ0v) is 17.0. The summed E-state index contributed by atoms with van der Waals surface area (Å²) in [5.74, 6) is -4.75. The van der Waals surface area contributed by atoms with Gasteiger partial charge in [-0.3, -0.25) is 24.3 Å². The predicted octanol–water partition coefficient (Wildman–Crippen LogP) is -4.39. The van der Waals surface area contributed by atoms with Crippen LogP contribution in [0.4, 0.5) is 0 Å². The van der Waals surface area contributed by atoms with Crippen molar-refractivity contribution in [1.29, 1.82) is 0 Å². The Hall–Kier alpha value is -2.92. The molecule has 33 heavy (non-hydrogen) atoms. The molecule has 2 saturated heterocycles. The van der Waals surface area contributed by atoms with E-state index in [4.69, 9.17) is 14.2 Å². The van der Waals surface area contributed by atoms with Gasteiger partial charge in [0, 0.05) is 30.9 Å². The lowest BCUT2D eigenvalue weighted by molar-refractivity contribution is -0.434. The third-order valence-electron chi connectivity index (χ3n) is 5.57. The van der Waals surface area contributed by atoms with E-state index in [-0.39, 0.29) is 12.8 Å². The number of aromatic amines is 2. The molecular weight excluding hydrogens is 448 g/mol. The van der Waals surface area contributed by atoms with E-state index >= 15 is 0 Å². The van der Waals surface area contributed by atoms with Crippen LogP contribution in [-0.2, 0) is 26.0 Å². The van der Waals surface area contributed by atoms with E-state index in [0.29, 0.717) is 4.57 Å². The highest BCUT2D eigenvalue weighted by molar-refractivity contribution is 5.00.